The smallest absolute Gasteiger partial charge is 0.168 e. The Hall–Kier alpha value is -1.12. The fourth-order valence-corrected chi connectivity index (χ4v) is 1.31. The highest BCUT2D eigenvalue weighted by atomic mass is 16.1. The van der Waals surface area contributed by atoms with Crippen LogP contribution in [0.4, 0.5) is 0 Å². The lowest BCUT2D eigenvalue weighted by Crippen LogP contribution is -2.14. The standard InChI is InChI=1S/C8H12N2O/c9-7-4-2-1-3-6(7)8(10)5-11/h5,10H,1-4,9H2. The lowest BCUT2D eigenvalue weighted by Gasteiger charge is -2.15. The lowest BCUT2D eigenvalue weighted by molar-refractivity contribution is -0.102. The molecule has 3 N–H and O–H groups in total. The summed E-state index contributed by atoms with van der Waals surface area (Å²) in [4.78, 5) is 10.2. The van der Waals surface area contributed by atoms with E-state index in [1.54, 1.807) is 0 Å². The number of rotatable bonds is 2. The summed E-state index contributed by atoms with van der Waals surface area (Å²) in [5.41, 5.74) is 7.18. The molecule has 0 unspecified atom stereocenters. The molecule has 0 bridgehead atoms. The Balaban J connectivity index is 2.81. The van der Waals surface area contributed by atoms with Crippen LogP contribution in [0, 0.1) is 5.41 Å². The third-order valence-corrected chi connectivity index (χ3v) is 1.95. The molecule has 11 heavy (non-hydrogen) atoms. The second-order valence-electron chi connectivity index (χ2n) is 2.74. The van der Waals surface area contributed by atoms with Gasteiger partial charge in [-0.15, -0.1) is 0 Å². The van der Waals surface area contributed by atoms with Crippen LogP contribution in [0.5, 0.6) is 0 Å². The molecule has 3 heteroatoms. The van der Waals surface area contributed by atoms with Gasteiger partial charge in [0.1, 0.15) is 0 Å². The van der Waals surface area contributed by atoms with E-state index < -0.39 is 0 Å². The molecular weight excluding hydrogens is 140 g/mol. The van der Waals surface area contributed by atoms with Crippen molar-refractivity contribution in [3.8, 4) is 0 Å². The van der Waals surface area contributed by atoms with Gasteiger partial charge in [-0.05, 0) is 31.3 Å². The van der Waals surface area contributed by atoms with Gasteiger partial charge < -0.3 is 5.73 Å². The highest BCUT2D eigenvalue weighted by molar-refractivity contribution is 6.34. The molecule has 0 saturated heterocycles. The molecule has 0 aromatic heterocycles. The molecule has 0 aliphatic heterocycles. The number of aldehydes is 1. The topological polar surface area (TPSA) is 66.9 Å². The first-order valence-corrected chi connectivity index (χ1v) is 3.77. The van der Waals surface area contributed by atoms with Gasteiger partial charge in [-0.2, -0.15) is 0 Å². The third-order valence-electron chi connectivity index (χ3n) is 1.95. The number of carbonyl (C=O) groups is 1. The summed E-state index contributed by atoms with van der Waals surface area (Å²) >= 11 is 0. The molecule has 1 aliphatic carbocycles. The number of nitrogens with two attached hydrogens (primary N) is 1. The van der Waals surface area contributed by atoms with Gasteiger partial charge in [-0.25, -0.2) is 0 Å². The van der Waals surface area contributed by atoms with Crippen molar-refractivity contribution in [2.45, 2.75) is 25.7 Å². The van der Waals surface area contributed by atoms with Crippen LogP contribution in [0.3, 0.4) is 0 Å². The maximum atomic E-state index is 10.2. The number of hydrogen-bond acceptors (Lipinski definition) is 3. The van der Waals surface area contributed by atoms with E-state index in [0.717, 1.165) is 37.0 Å². The number of hydrogen-bond donors (Lipinski definition) is 2. The van der Waals surface area contributed by atoms with Gasteiger partial charge in [0.2, 0.25) is 0 Å². The first kappa shape index (κ1) is 7.98. The molecule has 0 aromatic carbocycles. The molecule has 1 rings (SSSR count). The van der Waals surface area contributed by atoms with Crippen molar-refractivity contribution >= 4 is 12.0 Å². The van der Waals surface area contributed by atoms with Gasteiger partial charge in [0, 0.05) is 5.70 Å². The minimum Gasteiger partial charge on any atom is -0.402 e. The number of carbonyl (C=O) groups excluding carboxylic acids is 1. The molecule has 0 saturated carbocycles. The highest BCUT2D eigenvalue weighted by Crippen LogP contribution is 2.21. The number of nitrogens with one attached hydrogen (secondary N) is 1. The second kappa shape index (κ2) is 3.32. The lowest BCUT2D eigenvalue weighted by atomic mass is 9.94. The molecule has 0 aromatic rings. The van der Waals surface area contributed by atoms with Crippen molar-refractivity contribution in [3.05, 3.63) is 11.3 Å². The predicted octanol–water partition coefficient (Wildman–Crippen LogP) is 0.992. The van der Waals surface area contributed by atoms with Crippen molar-refractivity contribution in [1.29, 1.82) is 5.41 Å². The van der Waals surface area contributed by atoms with E-state index in [2.05, 4.69) is 0 Å². The van der Waals surface area contributed by atoms with Crippen molar-refractivity contribution < 1.29 is 4.79 Å². The van der Waals surface area contributed by atoms with Gasteiger partial charge in [-0.1, -0.05) is 0 Å². The van der Waals surface area contributed by atoms with Gasteiger partial charge in [0.05, 0.1) is 5.71 Å². The first-order chi connectivity index (χ1) is 5.25. The molecular formula is C8H12N2O. The molecule has 0 spiro atoms. The summed E-state index contributed by atoms with van der Waals surface area (Å²) in [6.45, 7) is 0. The van der Waals surface area contributed by atoms with Gasteiger partial charge in [-0.3, -0.25) is 10.2 Å². The summed E-state index contributed by atoms with van der Waals surface area (Å²) in [5.74, 6) is 0. The van der Waals surface area contributed by atoms with E-state index in [-0.39, 0.29) is 5.71 Å². The van der Waals surface area contributed by atoms with Crippen molar-refractivity contribution in [2.24, 2.45) is 5.73 Å². The fourth-order valence-electron chi connectivity index (χ4n) is 1.31. The van der Waals surface area contributed by atoms with Crippen LogP contribution in [0.15, 0.2) is 11.3 Å². The Morgan fingerprint density at radius 3 is 2.64 bits per heavy atom. The van der Waals surface area contributed by atoms with Gasteiger partial charge >= 0.3 is 0 Å². The van der Waals surface area contributed by atoms with Crippen LogP contribution in [0.2, 0.25) is 0 Å². The van der Waals surface area contributed by atoms with E-state index in [0.29, 0.717) is 6.29 Å². The normalized spacial score (nSPS) is 18.2. The molecule has 0 fully saturated rings. The van der Waals surface area contributed by atoms with Crippen LogP contribution in [-0.4, -0.2) is 12.0 Å². The largest absolute Gasteiger partial charge is 0.402 e. The van der Waals surface area contributed by atoms with Crippen LogP contribution in [0.25, 0.3) is 0 Å². The first-order valence-electron chi connectivity index (χ1n) is 3.77. The zero-order valence-electron chi connectivity index (χ0n) is 6.39. The number of allylic oxidation sites excluding steroid dienone is 2. The molecule has 0 atom stereocenters. The van der Waals surface area contributed by atoms with Gasteiger partial charge in [0.25, 0.3) is 0 Å². The van der Waals surface area contributed by atoms with E-state index in [1.807, 2.05) is 0 Å². The zero-order chi connectivity index (χ0) is 8.27. The quantitative estimate of drug-likeness (QED) is 0.457. The van der Waals surface area contributed by atoms with Crippen molar-refractivity contribution in [1.82, 2.24) is 0 Å². The Labute approximate surface area is 65.8 Å². The van der Waals surface area contributed by atoms with Gasteiger partial charge in [0.15, 0.2) is 6.29 Å². The SMILES string of the molecule is N=C(C=O)C1=C(N)CCCC1. The van der Waals surface area contributed by atoms with E-state index >= 15 is 0 Å². The predicted molar refractivity (Wildman–Crippen MR) is 43.5 cm³/mol. The maximum Gasteiger partial charge on any atom is 0.168 e. The highest BCUT2D eigenvalue weighted by Gasteiger charge is 2.12. The second-order valence-corrected chi connectivity index (χ2v) is 2.74. The van der Waals surface area contributed by atoms with Crippen LogP contribution >= 0.6 is 0 Å². The molecule has 3 nitrogen and oxygen atoms in total. The van der Waals surface area contributed by atoms with Crippen LogP contribution in [-0.2, 0) is 4.79 Å². The Kier molecular flexibility index (Phi) is 2.41. The minimum atomic E-state index is 0.0576. The summed E-state index contributed by atoms with van der Waals surface area (Å²) < 4.78 is 0. The van der Waals surface area contributed by atoms with E-state index in [9.17, 15) is 4.79 Å². The molecule has 0 radical (unpaired) electrons. The molecule has 0 amide bonds. The molecule has 60 valence electrons. The van der Waals surface area contributed by atoms with Crippen LogP contribution in [0.1, 0.15) is 25.7 Å². The average Bonchev–Trinajstić information content (AvgIpc) is 2.04. The summed E-state index contributed by atoms with van der Waals surface area (Å²) in [5, 5.41) is 7.26. The molecule has 0 heterocycles. The Bertz CT molecular complexity index is 218. The minimum absolute atomic E-state index is 0.0576. The summed E-state index contributed by atoms with van der Waals surface area (Å²) in [6, 6.07) is 0. The Morgan fingerprint density at radius 2 is 2.09 bits per heavy atom. The fraction of sp³-hybridized carbons (Fsp3) is 0.500. The molecule has 1 aliphatic rings. The van der Waals surface area contributed by atoms with Crippen LogP contribution < -0.4 is 5.73 Å². The maximum absolute atomic E-state index is 10.2. The third kappa shape index (κ3) is 1.67. The zero-order valence-corrected chi connectivity index (χ0v) is 6.39. The average molecular weight is 152 g/mol. The van der Waals surface area contributed by atoms with E-state index in [4.69, 9.17) is 11.1 Å². The summed E-state index contributed by atoms with van der Waals surface area (Å²) in [6.07, 6.45) is 4.33. The van der Waals surface area contributed by atoms with Crippen molar-refractivity contribution in [3.63, 3.8) is 0 Å². The van der Waals surface area contributed by atoms with E-state index in [1.165, 1.54) is 0 Å². The van der Waals surface area contributed by atoms with Crippen molar-refractivity contribution in [2.75, 3.05) is 0 Å². The Morgan fingerprint density at radius 1 is 1.45 bits per heavy atom. The summed E-state index contributed by atoms with van der Waals surface area (Å²) in [7, 11) is 0. The monoisotopic (exact) mass is 152 g/mol.